The first-order valence-corrected chi connectivity index (χ1v) is 22.1. The number of aromatic nitrogens is 2. The van der Waals surface area contributed by atoms with Crippen molar-refractivity contribution in [1.29, 1.82) is 0 Å². The van der Waals surface area contributed by atoms with Crippen molar-refractivity contribution in [2.75, 3.05) is 9.80 Å². The zero-order valence-electron chi connectivity index (χ0n) is 35.3. The fourth-order valence-electron chi connectivity index (χ4n) is 9.87. The van der Waals surface area contributed by atoms with E-state index in [-0.39, 0.29) is 0 Å². The van der Waals surface area contributed by atoms with Crippen LogP contribution in [0.3, 0.4) is 0 Å². The largest absolute Gasteiger partial charge is 0.314 e. The van der Waals surface area contributed by atoms with E-state index in [0.717, 1.165) is 47.0 Å². The molecular formula is C60H44N4. The number of anilines is 5. The van der Waals surface area contributed by atoms with E-state index in [2.05, 4.69) is 262 Å². The molecule has 4 heteroatoms. The number of fused-ring (bicyclic) bond motifs is 6. The summed E-state index contributed by atoms with van der Waals surface area (Å²) in [5, 5.41) is 4.97. The molecule has 0 amide bonds. The van der Waals surface area contributed by atoms with Crippen LogP contribution in [0.25, 0.3) is 60.6 Å². The van der Waals surface area contributed by atoms with Gasteiger partial charge in [0.05, 0.1) is 22.1 Å². The number of rotatable bonds is 9. The van der Waals surface area contributed by atoms with E-state index >= 15 is 0 Å². The Morgan fingerprint density at radius 3 is 1.20 bits per heavy atom. The normalized spacial score (nSPS) is 12.8. The van der Waals surface area contributed by atoms with Gasteiger partial charge < -0.3 is 18.9 Å². The molecule has 0 aliphatic heterocycles. The standard InChI is InChI=1S/C60H44N4/c1-5-17-45(18-6-1)61(51-37-39-59-55(41-51)53-25-13-15-27-57(53)63(59)47-21-9-3-10-22-47)49-33-29-43(30-34-49)44-31-35-50(36-32-44)62(46-19-7-2-8-20-46)52-38-40-60-56(42-52)54-26-14-16-28-58(54)64(60)48-23-11-4-12-24-48/h1-31,33-35,37-42H,32,36H2. The molecule has 0 saturated carbocycles. The number of nitrogens with zero attached hydrogens (tertiary/aromatic N) is 4. The Morgan fingerprint density at radius 2 is 0.703 bits per heavy atom. The van der Waals surface area contributed by atoms with Gasteiger partial charge in [0.1, 0.15) is 0 Å². The van der Waals surface area contributed by atoms with E-state index in [9.17, 15) is 0 Å². The van der Waals surface area contributed by atoms with E-state index < -0.39 is 0 Å². The van der Waals surface area contributed by atoms with Crippen LogP contribution in [0, 0.1) is 0 Å². The predicted molar refractivity (Wildman–Crippen MR) is 270 cm³/mol. The topological polar surface area (TPSA) is 16.3 Å². The maximum Gasteiger partial charge on any atom is 0.0542 e. The SMILES string of the molecule is C1=C(c2ccc(N(c3ccccc3)c3ccc4c(c3)c3ccccc3n4-c3ccccc3)cc2)CCC(N(c2ccccc2)c2ccc3c(c2)c2ccccc2n3-c2ccccc2)=C1. The Kier molecular flexibility index (Phi) is 9.27. The minimum Gasteiger partial charge on any atom is -0.314 e. The number of allylic oxidation sites excluding steroid dienone is 4. The van der Waals surface area contributed by atoms with Crippen LogP contribution in [0.2, 0.25) is 0 Å². The summed E-state index contributed by atoms with van der Waals surface area (Å²) < 4.78 is 4.75. The van der Waals surface area contributed by atoms with E-state index in [1.54, 1.807) is 0 Å². The van der Waals surface area contributed by atoms with Crippen LogP contribution in [0.1, 0.15) is 18.4 Å². The van der Waals surface area contributed by atoms with Crippen LogP contribution < -0.4 is 9.80 Å². The van der Waals surface area contributed by atoms with Gasteiger partial charge in [-0.1, -0.05) is 127 Å². The van der Waals surface area contributed by atoms with Crippen LogP contribution in [0.15, 0.2) is 248 Å². The van der Waals surface area contributed by atoms with Crippen molar-refractivity contribution in [1.82, 2.24) is 9.13 Å². The van der Waals surface area contributed by atoms with Crippen molar-refractivity contribution in [3.05, 3.63) is 254 Å². The second-order valence-corrected chi connectivity index (χ2v) is 16.5. The molecule has 0 atom stereocenters. The highest BCUT2D eigenvalue weighted by Gasteiger charge is 2.22. The summed E-state index contributed by atoms with van der Waals surface area (Å²) in [5.41, 5.74) is 16.7. The lowest BCUT2D eigenvalue weighted by atomic mass is 9.94. The van der Waals surface area contributed by atoms with Gasteiger partial charge in [0.25, 0.3) is 0 Å². The number of benzene rings is 9. The maximum absolute atomic E-state index is 2.44. The van der Waals surface area contributed by atoms with Crippen molar-refractivity contribution >= 4 is 77.6 Å². The van der Waals surface area contributed by atoms with Crippen LogP contribution in [0.5, 0.6) is 0 Å². The van der Waals surface area contributed by atoms with Gasteiger partial charge >= 0.3 is 0 Å². The molecule has 12 rings (SSSR count). The Hall–Kier alpha value is -8.34. The van der Waals surface area contributed by atoms with Crippen LogP contribution >= 0.6 is 0 Å². The second kappa shape index (κ2) is 15.8. The molecule has 4 nitrogen and oxygen atoms in total. The Labute approximate surface area is 373 Å². The highest BCUT2D eigenvalue weighted by molar-refractivity contribution is 6.12. The molecule has 0 bridgehead atoms. The minimum atomic E-state index is 0.916. The molecule has 0 radical (unpaired) electrons. The van der Waals surface area contributed by atoms with E-state index in [0.29, 0.717) is 0 Å². The van der Waals surface area contributed by atoms with Gasteiger partial charge in [-0.25, -0.2) is 0 Å². The third-order valence-corrected chi connectivity index (χ3v) is 12.8. The molecule has 0 spiro atoms. The van der Waals surface area contributed by atoms with Gasteiger partial charge in [-0.2, -0.15) is 0 Å². The first-order chi connectivity index (χ1) is 31.8. The summed E-state index contributed by atoms with van der Waals surface area (Å²) in [4.78, 5) is 4.81. The van der Waals surface area contributed by atoms with Crippen molar-refractivity contribution < 1.29 is 0 Å². The molecule has 0 N–H and O–H groups in total. The molecule has 304 valence electrons. The minimum absolute atomic E-state index is 0.916. The summed E-state index contributed by atoms with van der Waals surface area (Å²) >= 11 is 0. The Bertz CT molecular complexity index is 3530. The zero-order valence-corrected chi connectivity index (χ0v) is 35.3. The van der Waals surface area contributed by atoms with Gasteiger partial charge in [0.15, 0.2) is 0 Å². The molecule has 0 saturated heterocycles. The van der Waals surface area contributed by atoms with Crippen LogP contribution in [0.4, 0.5) is 28.4 Å². The Morgan fingerprint density at radius 1 is 0.297 bits per heavy atom. The first kappa shape index (κ1) is 37.4. The molecule has 2 heterocycles. The molecular weight excluding hydrogens is 777 g/mol. The average molecular weight is 821 g/mol. The van der Waals surface area contributed by atoms with Crippen molar-refractivity contribution in [3.8, 4) is 11.4 Å². The lowest BCUT2D eigenvalue weighted by Gasteiger charge is -2.30. The van der Waals surface area contributed by atoms with E-state index in [1.165, 1.54) is 66.1 Å². The summed E-state index contributed by atoms with van der Waals surface area (Å²) in [6.45, 7) is 0. The van der Waals surface area contributed by atoms with Gasteiger partial charge in [-0.15, -0.1) is 0 Å². The molecule has 1 aliphatic rings. The third-order valence-electron chi connectivity index (χ3n) is 12.8. The molecule has 2 aromatic heterocycles. The van der Waals surface area contributed by atoms with E-state index in [4.69, 9.17) is 0 Å². The monoisotopic (exact) mass is 820 g/mol. The lowest BCUT2D eigenvalue weighted by Crippen LogP contribution is -2.17. The van der Waals surface area contributed by atoms with Crippen LogP contribution in [-0.2, 0) is 0 Å². The summed E-state index contributed by atoms with van der Waals surface area (Å²) in [6, 6.07) is 83.3. The maximum atomic E-state index is 2.44. The van der Waals surface area contributed by atoms with Gasteiger partial charge in [-0.05, 0) is 139 Å². The predicted octanol–water partition coefficient (Wildman–Crippen LogP) is 16.2. The summed E-state index contributed by atoms with van der Waals surface area (Å²) in [7, 11) is 0. The summed E-state index contributed by atoms with van der Waals surface area (Å²) in [6.07, 6.45) is 6.51. The first-order valence-electron chi connectivity index (χ1n) is 22.1. The fraction of sp³-hybridized carbons (Fsp3) is 0.0333. The van der Waals surface area contributed by atoms with Gasteiger partial charge in [0, 0.05) is 67.1 Å². The molecule has 64 heavy (non-hydrogen) atoms. The van der Waals surface area contributed by atoms with Gasteiger partial charge in [0.2, 0.25) is 0 Å². The highest BCUT2D eigenvalue weighted by atomic mass is 15.2. The highest BCUT2D eigenvalue weighted by Crippen LogP contribution is 2.43. The summed E-state index contributed by atoms with van der Waals surface area (Å²) in [5.74, 6) is 0. The number of para-hydroxylation sites is 6. The lowest BCUT2D eigenvalue weighted by molar-refractivity contribution is 0.930. The van der Waals surface area contributed by atoms with Crippen molar-refractivity contribution in [2.45, 2.75) is 12.8 Å². The van der Waals surface area contributed by atoms with Crippen molar-refractivity contribution in [3.63, 3.8) is 0 Å². The number of hydrogen-bond donors (Lipinski definition) is 0. The zero-order chi connectivity index (χ0) is 42.4. The van der Waals surface area contributed by atoms with E-state index in [1.807, 2.05) is 0 Å². The molecule has 0 fully saturated rings. The quantitative estimate of drug-likeness (QED) is 0.144. The fourth-order valence-corrected chi connectivity index (χ4v) is 9.87. The molecule has 9 aromatic carbocycles. The third kappa shape index (κ3) is 6.47. The Balaban J connectivity index is 0.898. The van der Waals surface area contributed by atoms with Gasteiger partial charge in [-0.3, -0.25) is 0 Å². The molecule has 1 aliphatic carbocycles. The smallest absolute Gasteiger partial charge is 0.0542 e. The second-order valence-electron chi connectivity index (χ2n) is 16.5. The molecule has 0 unspecified atom stereocenters. The molecule has 11 aromatic rings. The van der Waals surface area contributed by atoms with Crippen molar-refractivity contribution in [2.24, 2.45) is 0 Å². The average Bonchev–Trinajstić information content (AvgIpc) is 3.88. The number of hydrogen-bond acceptors (Lipinski definition) is 2. The van der Waals surface area contributed by atoms with Crippen LogP contribution in [-0.4, -0.2) is 9.13 Å².